The molecule has 0 aromatic heterocycles. The first-order valence-corrected chi connectivity index (χ1v) is 4.88. The Balaban J connectivity index is 4.07. The molecule has 3 heteroatoms. The Morgan fingerprint density at radius 1 is 1.57 bits per heavy atom. The Kier molecular flexibility index (Phi) is 5.84. The fourth-order valence-electron chi connectivity index (χ4n) is 1.05. The van der Waals surface area contributed by atoms with Gasteiger partial charge in [-0.15, -0.1) is 6.58 Å². The largest absolute Gasteiger partial charge is 0.466 e. The van der Waals surface area contributed by atoms with E-state index >= 15 is 0 Å². The topological polar surface area (TPSA) is 50.2 Å². The van der Waals surface area contributed by atoms with Crippen LogP contribution in [0.3, 0.4) is 0 Å². The first-order chi connectivity index (χ1) is 6.52. The maximum Gasteiger partial charge on any atom is 0.311 e. The van der Waals surface area contributed by atoms with E-state index in [1.807, 2.05) is 13.8 Å². The van der Waals surface area contributed by atoms with Gasteiger partial charge in [-0.2, -0.15) is 0 Å². The number of rotatable bonds is 6. The molecule has 0 aromatic rings. The van der Waals surface area contributed by atoms with Gasteiger partial charge in [-0.1, -0.05) is 19.9 Å². The van der Waals surface area contributed by atoms with E-state index in [2.05, 4.69) is 6.58 Å². The zero-order chi connectivity index (χ0) is 11.1. The van der Waals surface area contributed by atoms with Crippen LogP contribution in [-0.4, -0.2) is 18.3 Å². The van der Waals surface area contributed by atoms with E-state index in [-0.39, 0.29) is 24.2 Å². The lowest BCUT2D eigenvalue weighted by molar-refractivity contribution is -0.141. The predicted octanol–water partition coefficient (Wildman–Crippen LogP) is 2.42. The molecule has 0 aliphatic heterocycles. The average Bonchev–Trinajstić information content (AvgIpc) is 2.15. The second-order valence-corrected chi connectivity index (χ2v) is 3.39. The van der Waals surface area contributed by atoms with E-state index in [9.17, 15) is 4.79 Å². The molecule has 0 heterocycles. The van der Waals surface area contributed by atoms with Crippen LogP contribution in [0.25, 0.3) is 0 Å². The van der Waals surface area contributed by atoms with E-state index in [0.29, 0.717) is 12.3 Å². The van der Waals surface area contributed by atoms with Crippen molar-refractivity contribution in [2.45, 2.75) is 27.2 Å². The number of nitrogens with one attached hydrogen (secondary N) is 1. The van der Waals surface area contributed by atoms with Crippen LogP contribution in [0.4, 0.5) is 0 Å². The Morgan fingerprint density at radius 3 is 2.57 bits per heavy atom. The zero-order valence-electron chi connectivity index (χ0n) is 9.17. The number of hydrogen-bond donors (Lipinski definition) is 1. The highest BCUT2D eigenvalue weighted by Crippen LogP contribution is 2.14. The molecule has 0 rings (SSSR count). The number of hydrogen-bond acceptors (Lipinski definition) is 3. The molecule has 14 heavy (non-hydrogen) atoms. The Bertz CT molecular complexity index is 223. The van der Waals surface area contributed by atoms with Crippen molar-refractivity contribution in [1.29, 1.82) is 5.41 Å². The molecular formula is C11H19NO2. The Morgan fingerprint density at radius 2 is 2.14 bits per heavy atom. The van der Waals surface area contributed by atoms with Crippen LogP contribution in [0.2, 0.25) is 0 Å². The van der Waals surface area contributed by atoms with E-state index in [1.165, 1.54) is 0 Å². The monoisotopic (exact) mass is 197 g/mol. The molecule has 2 atom stereocenters. The lowest BCUT2D eigenvalue weighted by Gasteiger charge is -2.16. The summed E-state index contributed by atoms with van der Waals surface area (Å²) in [6.07, 6.45) is 1.89. The fourth-order valence-corrected chi connectivity index (χ4v) is 1.05. The van der Waals surface area contributed by atoms with Crippen molar-refractivity contribution in [2.24, 2.45) is 11.8 Å². The highest BCUT2D eigenvalue weighted by atomic mass is 16.5. The lowest BCUT2D eigenvalue weighted by atomic mass is 9.90. The summed E-state index contributed by atoms with van der Waals surface area (Å²) in [7, 11) is 0. The Hall–Kier alpha value is -1.12. The normalized spacial score (nSPS) is 14.2. The van der Waals surface area contributed by atoms with Crippen LogP contribution >= 0.6 is 0 Å². The number of esters is 1. The second kappa shape index (κ2) is 6.35. The third-order valence-corrected chi connectivity index (χ3v) is 2.35. The van der Waals surface area contributed by atoms with Crippen LogP contribution in [0.1, 0.15) is 27.2 Å². The molecule has 3 nitrogen and oxygen atoms in total. The van der Waals surface area contributed by atoms with Gasteiger partial charge in [0.25, 0.3) is 0 Å². The molecular weight excluding hydrogens is 178 g/mol. The average molecular weight is 197 g/mol. The van der Waals surface area contributed by atoms with Gasteiger partial charge < -0.3 is 10.1 Å². The molecule has 0 aliphatic carbocycles. The summed E-state index contributed by atoms with van der Waals surface area (Å²) in [5, 5.41) is 7.69. The molecule has 0 saturated heterocycles. The quantitative estimate of drug-likeness (QED) is 0.404. The smallest absolute Gasteiger partial charge is 0.311 e. The van der Waals surface area contributed by atoms with E-state index < -0.39 is 0 Å². The molecule has 0 aliphatic rings. The van der Waals surface area contributed by atoms with Crippen molar-refractivity contribution in [3.05, 3.63) is 12.7 Å². The maximum absolute atomic E-state index is 11.1. The molecule has 0 saturated carbocycles. The summed E-state index contributed by atoms with van der Waals surface area (Å²) in [6.45, 7) is 9.71. The van der Waals surface area contributed by atoms with Gasteiger partial charge >= 0.3 is 5.97 Å². The fraction of sp³-hybridized carbons (Fsp3) is 0.636. The van der Waals surface area contributed by atoms with Crippen molar-refractivity contribution in [3.8, 4) is 0 Å². The summed E-state index contributed by atoms with van der Waals surface area (Å²) in [5.74, 6) is -0.0468. The molecule has 0 spiro atoms. The van der Waals surface area contributed by atoms with Crippen molar-refractivity contribution in [3.63, 3.8) is 0 Å². The minimum absolute atomic E-state index is 0.0527. The summed E-state index contributed by atoms with van der Waals surface area (Å²) in [5.41, 5.74) is 0.413. The molecule has 0 fully saturated rings. The SMILES string of the molecule is C=CC(C)C(C)C(=N)CC(=O)OCC. The molecule has 0 aromatic carbocycles. The van der Waals surface area contributed by atoms with Crippen molar-refractivity contribution < 1.29 is 9.53 Å². The number of allylic oxidation sites excluding steroid dienone is 1. The van der Waals surface area contributed by atoms with Crippen LogP contribution in [-0.2, 0) is 9.53 Å². The molecule has 80 valence electrons. The third kappa shape index (κ3) is 4.21. The predicted molar refractivity (Wildman–Crippen MR) is 57.5 cm³/mol. The van der Waals surface area contributed by atoms with Crippen molar-refractivity contribution in [1.82, 2.24) is 0 Å². The molecule has 2 unspecified atom stereocenters. The van der Waals surface area contributed by atoms with Gasteiger partial charge in [0.2, 0.25) is 0 Å². The number of ether oxygens (including phenoxy) is 1. The van der Waals surface area contributed by atoms with Crippen molar-refractivity contribution >= 4 is 11.7 Å². The molecule has 0 bridgehead atoms. The van der Waals surface area contributed by atoms with Crippen LogP contribution in [0.5, 0.6) is 0 Å². The second-order valence-electron chi connectivity index (χ2n) is 3.39. The summed E-state index contributed by atoms with van der Waals surface area (Å²) in [4.78, 5) is 11.1. The minimum atomic E-state index is -0.319. The van der Waals surface area contributed by atoms with Gasteiger partial charge in [0.05, 0.1) is 13.0 Å². The zero-order valence-corrected chi connectivity index (χ0v) is 9.17. The third-order valence-electron chi connectivity index (χ3n) is 2.35. The van der Waals surface area contributed by atoms with Crippen LogP contribution < -0.4 is 0 Å². The maximum atomic E-state index is 11.1. The van der Waals surface area contributed by atoms with Gasteiger partial charge in [-0.25, -0.2) is 0 Å². The first-order valence-electron chi connectivity index (χ1n) is 4.88. The molecule has 0 radical (unpaired) electrons. The van der Waals surface area contributed by atoms with E-state index in [1.54, 1.807) is 13.0 Å². The van der Waals surface area contributed by atoms with Gasteiger partial charge in [0.15, 0.2) is 0 Å². The van der Waals surface area contributed by atoms with Gasteiger partial charge in [-0.3, -0.25) is 4.79 Å². The van der Waals surface area contributed by atoms with Gasteiger partial charge in [-0.05, 0) is 12.8 Å². The van der Waals surface area contributed by atoms with E-state index in [0.717, 1.165) is 0 Å². The summed E-state index contributed by atoms with van der Waals surface area (Å²) in [6, 6.07) is 0. The van der Waals surface area contributed by atoms with Gasteiger partial charge in [0.1, 0.15) is 0 Å². The lowest BCUT2D eigenvalue weighted by Crippen LogP contribution is -2.21. The van der Waals surface area contributed by atoms with E-state index in [4.69, 9.17) is 10.1 Å². The first kappa shape index (κ1) is 12.9. The number of carbonyl (C=O) groups is 1. The highest BCUT2D eigenvalue weighted by Gasteiger charge is 2.17. The Labute approximate surface area is 85.7 Å². The standard InChI is InChI=1S/C11H19NO2/c1-5-8(3)9(4)10(12)7-11(13)14-6-2/h5,8-9,12H,1,6-7H2,2-4H3. The van der Waals surface area contributed by atoms with Crippen molar-refractivity contribution in [2.75, 3.05) is 6.61 Å². The molecule has 1 N–H and O–H groups in total. The summed E-state index contributed by atoms with van der Waals surface area (Å²) >= 11 is 0. The highest BCUT2D eigenvalue weighted by molar-refractivity contribution is 5.98. The number of carbonyl (C=O) groups excluding carboxylic acids is 1. The molecule has 0 amide bonds. The van der Waals surface area contributed by atoms with Crippen LogP contribution in [0, 0.1) is 17.2 Å². The van der Waals surface area contributed by atoms with Crippen LogP contribution in [0.15, 0.2) is 12.7 Å². The minimum Gasteiger partial charge on any atom is -0.466 e. The summed E-state index contributed by atoms with van der Waals surface area (Å²) < 4.78 is 4.77. The van der Waals surface area contributed by atoms with Gasteiger partial charge in [0, 0.05) is 11.6 Å².